The van der Waals surface area contributed by atoms with E-state index in [9.17, 15) is 14.4 Å². The van der Waals surface area contributed by atoms with Gasteiger partial charge in [-0.1, -0.05) is 41.7 Å². The molecular formula is C23H22N4O5S. The molecular weight excluding hydrogens is 444 g/mol. The highest BCUT2D eigenvalue weighted by Gasteiger charge is 2.36. The molecule has 1 amide bonds. The number of carbonyl (C=O) groups is 3. The third kappa shape index (κ3) is 4.70. The van der Waals surface area contributed by atoms with Crippen molar-refractivity contribution in [2.45, 2.75) is 13.8 Å². The topological polar surface area (TPSA) is 101 Å². The van der Waals surface area contributed by atoms with E-state index >= 15 is 0 Å². The summed E-state index contributed by atoms with van der Waals surface area (Å²) < 4.78 is 11.0. The first-order chi connectivity index (χ1) is 16.0. The molecule has 33 heavy (non-hydrogen) atoms. The van der Waals surface area contributed by atoms with Crippen LogP contribution in [0.15, 0.2) is 53.6 Å². The van der Waals surface area contributed by atoms with Crippen LogP contribution in [0.1, 0.15) is 19.4 Å². The van der Waals surface area contributed by atoms with Gasteiger partial charge in [0.05, 0.1) is 29.1 Å². The fourth-order valence-corrected chi connectivity index (χ4v) is 4.33. The Kier molecular flexibility index (Phi) is 6.64. The molecule has 4 rings (SSSR count). The lowest BCUT2D eigenvalue weighted by Crippen LogP contribution is -2.37. The molecule has 0 spiro atoms. The van der Waals surface area contributed by atoms with Crippen LogP contribution in [0, 0.1) is 0 Å². The molecule has 9 nitrogen and oxygen atoms in total. The maximum Gasteiger partial charge on any atom is 0.327 e. The zero-order valence-electron chi connectivity index (χ0n) is 18.2. The molecule has 2 heterocycles. The Morgan fingerprint density at radius 1 is 1.03 bits per heavy atom. The molecule has 0 atom stereocenters. The monoisotopic (exact) mass is 466 g/mol. The number of hydrazone groups is 1. The van der Waals surface area contributed by atoms with Crippen molar-refractivity contribution in [2.75, 3.05) is 36.2 Å². The minimum Gasteiger partial charge on any atom is -0.465 e. The molecule has 1 aliphatic heterocycles. The third-order valence-corrected chi connectivity index (χ3v) is 5.85. The van der Waals surface area contributed by atoms with Gasteiger partial charge in [-0.15, -0.1) is 0 Å². The van der Waals surface area contributed by atoms with Gasteiger partial charge in [0.15, 0.2) is 5.71 Å². The van der Waals surface area contributed by atoms with E-state index in [0.29, 0.717) is 16.4 Å². The van der Waals surface area contributed by atoms with Crippen LogP contribution < -0.4 is 9.91 Å². The largest absolute Gasteiger partial charge is 0.465 e. The number of thiazole rings is 1. The maximum atomic E-state index is 13.3. The number of hydrogen-bond donors (Lipinski definition) is 0. The normalized spacial score (nSPS) is 13.9. The number of carbonyl (C=O) groups excluding carboxylic acids is 3. The van der Waals surface area contributed by atoms with Crippen LogP contribution in [0.3, 0.4) is 0 Å². The van der Waals surface area contributed by atoms with Crippen LogP contribution in [0.25, 0.3) is 10.2 Å². The molecule has 1 aromatic heterocycles. The third-order valence-electron chi connectivity index (χ3n) is 4.80. The fourth-order valence-electron chi connectivity index (χ4n) is 3.42. The van der Waals surface area contributed by atoms with Gasteiger partial charge in [0.1, 0.15) is 13.1 Å². The first kappa shape index (κ1) is 22.4. The second kappa shape index (κ2) is 9.78. The number of para-hydroxylation sites is 2. The predicted octanol–water partition coefficient (Wildman–Crippen LogP) is 2.98. The minimum atomic E-state index is -0.517. The molecule has 1 aliphatic rings. The molecule has 0 fully saturated rings. The number of benzene rings is 2. The van der Waals surface area contributed by atoms with E-state index in [0.717, 1.165) is 10.2 Å². The summed E-state index contributed by atoms with van der Waals surface area (Å²) in [6.07, 6.45) is 0. The van der Waals surface area contributed by atoms with E-state index in [-0.39, 0.29) is 32.0 Å². The van der Waals surface area contributed by atoms with Gasteiger partial charge in [-0.2, -0.15) is 5.10 Å². The minimum absolute atomic E-state index is 0.110. The van der Waals surface area contributed by atoms with E-state index < -0.39 is 17.8 Å². The van der Waals surface area contributed by atoms with Crippen LogP contribution in [0.2, 0.25) is 0 Å². The zero-order valence-corrected chi connectivity index (χ0v) is 19.0. The van der Waals surface area contributed by atoms with Crippen LogP contribution >= 0.6 is 11.3 Å². The number of fused-ring (bicyclic) bond motifs is 2. The summed E-state index contributed by atoms with van der Waals surface area (Å²) in [5.41, 5.74) is 1.98. The Morgan fingerprint density at radius 2 is 1.73 bits per heavy atom. The Bertz CT molecular complexity index is 1210. The Morgan fingerprint density at radius 3 is 2.48 bits per heavy atom. The van der Waals surface area contributed by atoms with Crippen molar-refractivity contribution < 1.29 is 23.9 Å². The number of amides is 1. The van der Waals surface area contributed by atoms with Crippen LogP contribution in [-0.4, -0.2) is 54.8 Å². The zero-order chi connectivity index (χ0) is 23.4. The van der Waals surface area contributed by atoms with Crippen molar-refractivity contribution in [3.05, 3.63) is 54.1 Å². The van der Waals surface area contributed by atoms with E-state index in [1.807, 2.05) is 24.3 Å². The van der Waals surface area contributed by atoms with Gasteiger partial charge >= 0.3 is 11.9 Å². The van der Waals surface area contributed by atoms with Gasteiger partial charge in [-0.25, -0.2) is 9.99 Å². The molecule has 0 aliphatic carbocycles. The van der Waals surface area contributed by atoms with Crippen molar-refractivity contribution in [1.29, 1.82) is 0 Å². The van der Waals surface area contributed by atoms with Gasteiger partial charge in [0.2, 0.25) is 5.13 Å². The van der Waals surface area contributed by atoms with Crippen LogP contribution in [0.4, 0.5) is 10.8 Å². The highest BCUT2D eigenvalue weighted by molar-refractivity contribution is 7.22. The highest BCUT2D eigenvalue weighted by atomic mass is 32.1. The smallest absolute Gasteiger partial charge is 0.327 e. The molecule has 170 valence electrons. The van der Waals surface area contributed by atoms with E-state index in [1.54, 1.807) is 38.1 Å². The van der Waals surface area contributed by atoms with Crippen molar-refractivity contribution in [3.63, 3.8) is 0 Å². The summed E-state index contributed by atoms with van der Waals surface area (Å²) >= 11 is 1.35. The lowest BCUT2D eigenvalue weighted by atomic mass is 10.1. The Balaban J connectivity index is 1.74. The summed E-state index contributed by atoms with van der Waals surface area (Å²) in [6, 6.07) is 14.6. The van der Waals surface area contributed by atoms with Crippen LogP contribution in [-0.2, 0) is 23.9 Å². The fraction of sp³-hybridized carbons (Fsp3) is 0.261. The first-order valence-electron chi connectivity index (χ1n) is 10.5. The molecule has 0 saturated carbocycles. The van der Waals surface area contributed by atoms with Gasteiger partial charge in [0.25, 0.3) is 5.91 Å². The van der Waals surface area contributed by atoms with E-state index in [1.165, 1.54) is 21.2 Å². The van der Waals surface area contributed by atoms with Crippen LogP contribution in [0.5, 0.6) is 0 Å². The van der Waals surface area contributed by atoms with Crippen molar-refractivity contribution in [3.8, 4) is 0 Å². The quantitative estimate of drug-likeness (QED) is 0.372. The number of hydrogen-bond acceptors (Lipinski definition) is 9. The SMILES string of the molecule is CCOC(=O)CN(/N=C1\C(=O)N(CC(=O)OCC)c2ccccc21)c1nc2ccccc2s1. The number of anilines is 2. The Hall–Kier alpha value is -3.79. The summed E-state index contributed by atoms with van der Waals surface area (Å²) in [6.45, 7) is 3.41. The lowest BCUT2D eigenvalue weighted by Gasteiger charge is -2.17. The molecule has 0 N–H and O–H groups in total. The van der Waals surface area contributed by atoms with E-state index in [2.05, 4.69) is 10.1 Å². The van der Waals surface area contributed by atoms with Crippen molar-refractivity contribution in [1.82, 2.24) is 4.98 Å². The van der Waals surface area contributed by atoms with E-state index in [4.69, 9.17) is 9.47 Å². The lowest BCUT2D eigenvalue weighted by molar-refractivity contribution is -0.142. The number of aromatic nitrogens is 1. The molecule has 0 radical (unpaired) electrons. The number of esters is 2. The van der Waals surface area contributed by atoms with Gasteiger partial charge in [-0.3, -0.25) is 19.3 Å². The molecule has 2 aromatic carbocycles. The molecule has 0 bridgehead atoms. The van der Waals surface area contributed by atoms with Crippen molar-refractivity contribution in [2.24, 2.45) is 5.10 Å². The van der Waals surface area contributed by atoms with Gasteiger partial charge in [0, 0.05) is 5.56 Å². The predicted molar refractivity (Wildman–Crippen MR) is 126 cm³/mol. The standard InChI is InChI=1S/C23H22N4O5S/c1-3-31-19(28)13-26-17-11-7-5-9-15(17)21(22(26)30)25-27(14-20(29)32-4-2)23-24-16-10-6-8-12-18(16)33-23/h5-12H,3-4,13-14H2,1-2H3/b25-21-. The number of rotatable bonds is 8. The van der Waals surface area contributed by atoms with Gasteiger partial charge in [-0.05, 0) is 32.0 Å². The summed E-state index contributed by atoms with van der Waals surface area (Å²) in [7, 11) is 0. The summed E-state index contributed by atoms with van der Waals surface area (Å²) in [5.74, 6) is -1.47. The average Bonchev–Trinajstić information content (AvgIpc) is 3.34. The highest BCUT2D eigenvalue weighted by Crippen LogP contribution is 2.32. The summed E-state index contributed by atoms with van der Waals surface area (Å²) in [5, 5.41) is 6.37. The summed E-state index contributed by atoms with van der Waals surface area (Å²) in [4.78, 5) is 43.6. The first-order valence-corrected chi connectivity index (χ1v) is 11.3. The van der Waals surface area contributed by atoms with Gasteiger partial charge < -0.3 is 9.47 Å². The number of nitrogens with zero attached hydrogens (tertiary/aromatic N) is 4. The van der Waals surface area contributed by atoms with Crippen molar-refractivity contribution >= 4 is 55.9 Å². The average molecular weight is 467 g/mol. The second-order valence-electron chi connectivity index (χ2n) is 6.99. The molecule has 0 unspecified atom stereocenters. The second-order valence-corrected chi connectivity index (χ2v) is 8.00. The Labute approximate surface area is 194 Å². The molecule has 10 heteroatoms. The molecule has 3 aromatic rings. The number of ether oxygens (including phenoxy) is 2. The molecule has 0 saturated heterocycles. The maximum absolute atomic E-state index is 13.3.